The number of halogens is 1. The van der Waals surface area contributed by atoms with Crippen molar-refractivity contribution in [2.75, 3.05) is 6.54 Å². The van der Waals surface area contributed by atoms with Crippen molar-refractivity contribution in [1.82, 2.24) is 4.90 Å². The highest BCUT2D eigenvalue weighted by atomic mass is 19.1. The number of benzene rings is 1. The summed E-state index contributed by atoms with van der Waals surface area (Å²) in [5.41, 5.74) is 1.04. The number of carbonyl (C=O) groups is 1. The highest BCUT2D eigenvalue weighted by Gasteiger charge is 2.20. The first kappa shape index (κ1) is 11.1. The summed E-state index contributed by atoms with van der Waals surface area (Å²) in [5.74, 6) is -0.227. The van der Waals surface area contributed by atoms with Gasteiger partial charge < -0.3 is 4.90 Å². The fourth-order valence-electron chi connectivity index (χ4n) is 2.30. The van der Waals surface area contributed by atoms with Crippen molar-refractivity contribution in [3.05, 3.63) is 35.6 Å². The van der Waals surface area contributed by atoms with Crippen molar-refractivity contribution in [3.63, 3.8) is 0 Å². The molecule has 1 atom stereocenters. The molecule has 0 saturated carbocycles. The molecule has 1 aliphatic rings. The lowest BCUT2D eigenvalue weighted by Gasteiger charge is -2.26. The summed E-state index contributed by atoms with van der Waals surface area (Å²) in [4.78, 5) is 12.8. The average molecular weight is 221 g/mol. The Labute approximate surface area is 95.1 Å². The third-order valence-corrected chi connectivity index (χ3v) is 3.18. The maximum absolute atomic E-state index is 12.8. The Balaban J connectivity index is 2.21. The smallest absolute Gasteiger partial charge is 0.210 e. The van der Waals surface area contributed by atoms with E-state index in [-0.39, 0.29) is 11.9 Å². The molecule has 0 spiro atoms. The number of nitrogens with zero attached hydrogens (tertiary/aromatic N) is 1. The number of likely N-dealkylation sites (tertiary alicyclic amines) is 1. The molecule has 0 aromatic heterocycles. The van der Waals surface area contributed by atoms with E-state index in [1.165, 1.54) is 18.6 Å². The zero-order valence-electron chi connectivity index (χ0n) is 9.23. The Hall–Kier alpha value is -1.38. The third kappa shape index (κ3) is 2.40. The second-order valence-corrected chi connectivity index (χ2v) is 4.26. The SMILES string of the molecule is O=CN1CCCCCC1c1ccc(F)cc1. The van der Waals surface area contributed by atoms with Gasteiger partial charge in [0.15, 0.2) is 0 Å². The van der Waals surface area contributed by atoms with Crippen LogP contribution in [0, 0.1) is 5.82 Å². The van der Waals surface area contributed by atoms with Gasteiger partial charge in [0.05, 0.1) is 6.04 Å². The normalized spacial score (nSPS) is 21.6. The molecule has 86 valence electrons. The molecule has 0 radical (unpaired) electrons. The summed E-state index contributed by atoms with van der Waals surface area (Å²) in [7, 11) is 0. The molecular weight excluding hydrogens is 205 g/mol. The lowest BCUT2D eigenvalue weighted by molar-refractivity contribution is -0.120. The van der Waals surface area contributed by atoms with E-state index in [0.29, 0.717) is 0 Å². The standard InChI is InChI=1S/C13H16FNO/c14-12-7-5-11(6-8-12)13-4-2-1-3-9-15(13)10-16/h5-8,10,13H,1-4,9H2. The Morgan fingerprint density at radius 2 is 1.94 bits per heavy atom. The number of hydrogen-bond donors (Lipinski definition) is 0. The molecule has 1 aromatic rings. The first-order chi connectivity index (χ1) is 7.81. The van der Waals surface area contributed by atoms with Crippen molar-refractivity contribution in [3.8, 4) is 0 Å². The molecule has 0 bridgehead atoms. The van der Waals surface area contributed by atoms with Gasteiger partial charge in [-0.15, -0.1) is 0 Å². The molecule has 0 N–H and O–H groups in total. The highest BCUT2D eigenvalue weighted by molar-refractivity contribution is 5.49. The molecule has 1 unspecified atom stereocenters. The molecule has 0 aliphatic carbocycles. The lowest BCUT2D eigenvalue weighted by Crippen LogP contribution is -2.26. The predicted octanol–water partition coefficient (Wildman–Crippen LogP) is 2.90. The predicted molar refractivity (Wildman–Crippen MR) is 60.4 cm³/mol. The maximum atomic E-state index is 12.8. The van der Waals surface area contributed by atoms with Gasteiger partial charge >= 0.3 is 0 Å². The molecule has 1 aromatic carbocycles. The van der Waals surface area contributed by atoms with Crippen LogP contribution in [0.1, 0.15) is 37.3 Å². The number of carbonyl (C=O) groups excluding carboxylic acids is 1. The zero-order chi connectivity index (χ0) is 11.4. The minimum absolute atomic E-state index is 0.126. The van der Waals surface area contributed by atoms with Crippen molar-refractivity contribution >= 4 is 6.41 Å². The molecule has 1 amide bonds. The molecule has 2 nitrogen and oxygen atoms in total. The molecule has 16 heavy (non-hydrogen) atoms. The fourth-order valence-corrected chi connectivity index (χ4v) is 2.30. The first-order valence-corrected chi connectivity index (χ1v) is 5.78. The quantitative estimate of drug-likeness (QED) is 0.703. The van der Waals surface area contributed by atoms with Crippen LogP contribution in [-0.2, 0) is 4.79 Å². The van der Waals surface area contributed by atoms with Crippen LogP contribution in [0.3, 0.4) is 0 Å². The Bertz CT molecular complexity index is 349. The minimum atomic E-state index is -0.227. The van der Waals surface area contributed by atoms with E-state index in [9.17, 15) is 9.18 Å². The van der Waals surface area contributed by atoms with Crippen LogP contribution in [0.25, 0.3) is 0 Å². The van der Waals surface area contributed by atoms with E-state index < -0.39 is 0 Å². The molecular formula is C13H16FNO. The molecule has 1 saturated heterocycles. The van der Waals surface area contributed by atoms with Gasteiger partial charge in [-0.3, -0.25) is 4.79 Å². The van der Waals surface area contributed by atoms with Crippen LogP contribution in [0.2, 0.25) is 0 Å². The summed E-state index contributed by atoms with van der Waals surface area (Å²) in [6.45, 7) is 0.811. The van der Waals surface area contributed by atoms with Gasteiger partial charge in [-0.1, -0.05) is 25.0 Å². The van der Waals surface area contributed by atoms with Crippen LogP contribution in [0.15, 0.2) is 24.3 Å². The van der Waals surface area contributed by atoms with Crippen molar-refractivity contribution < 1.29 is 9.18 Å². The van der Waals surface area contributed by atoms with E-state index in [4.69, 9.17) is 0 Å². The van der Waals surface area contributed by atoms with Gasteiger partial charge in [-0.05, 0) is 30.5 Å². The number of rotatable bonds is 2. The van der Waals surface area contributed by atoms with Crippen LogP contribution in [-0.4, -0.2) is 17.9 Å². The summed E-state index contributed by atoms with van der Waals surface area (Å²) in [5, 5.41) is 0. The maximum Gasteiger partial charge on any atom is 0.210 e. The molecule has 2 rings (SSSR count). The number of hydrogen-bond acceptors (Lipinski definition) is 1. The summed E-state index contributed by atoms with van der Waals surface area (Å²) in [6.07, 6.45) is 5.26. The van der Waals surface area contributed by atoms with Gasteiger partial charge in [0.25, 0.3) is 0 Å². The molecule has 1 heterocycles. The lowest BCUT2D eigenvalue weighted by atomic mass is 10.0. The Morgan fingerprint density at radius 1 is 1.19 bits per heavy atom. The Morgan fingerprint density at radius 3 is 2.62 bits per heavy atom. The van der Waals surface area contributed by atoms with Gasteiger partial charge in [0, 0.05) is 6.54 Å². The van der Waals surface area contributed by atoms with E-state index in [1.54, 1.807) is 12.1 Å². The summed E-state index contributed by atoms with van der Waals surface area (Å²) in [6, 6.07) is 6.61. The van der Waals surface area contributed by atoms with Gasteiger partial charge in [-0.2, -0.15) is 0 Å². The number of amides is 1. The van der Waals surface area contributed by atoms with E-state index in [1.807, 2.05) is 4.90 Å². The zero-order valence-corrected chi connectivity index (χ0v) is 9.23. The summed E-state index contributed by atoms with van der Waals surface area (Å²) < 4.78 is 12.8. The van der Waals surface area contributed by atoms with E-state index >= 15 is 0 Å². The van der Waals surface area contributed by atoms with Gasteiger partial charge in [-0.25, -0.2) is 4.39 Å². The monoisotopic (exact) mass is 221 g/mol. The van der Waals surface area contributed by atoms with Crippen molar-refractivity contribution in [2.24, 2.45) is 0 Å². The molecule has 3 heteroatoms. The van der Waals surface area contributed by atoms with Gasteiger partial charge in [0.1, 0.15) is 5.82 Å². The largest absolute Gasteiger partial charge is 0.338 e. The summed E-state index contributed by atoms with van der Waals surface area (Å²) >= 11 is 0. The van der Waals surface area contributed by atoms with Crippen LogP contribution < -0.4 is 0 Å². The third-order valence-electron chi connectivity index (χ3n) is 3.18. The van der Waals surface area contributed by atoms with E-state index in [0.717, 1.165) is 37.8 Å². The highest BCUT2D eigenvalue weighted by Crippen LogP contribution is 2.28. The average Bonchev–Trinajstić information content (AvgIpc) is 2.55. The Kier molecular flexibility index (Phi) is 3.54. The van der Waals surface area contributed by atoms with Crippen LogP contribution in [0.5, 0.6) is 0 Å². The second-order valence-electron chi connectivity index (χ2n) is 4.26. The van der Waals surface area contributed by atoms with E-state index in [2.05, 4.69) is 0 Å². The first-order valence-electron chi connectivity index (χ1n) is 5.78. The topological polar surface area (TPSA) is 20.3 Å². The molecule has 1 fully saturated rings. The van der Waals surface area contributed by atoms with Crippen molar-refractivity contribution in [1.29, 1.82) is 0 Å². The van der Waals surface area contributed by atoms with Crippen LogP contribution >= 0.6 is 0 Å². The second kappa shape index (κ2) is 5.10. The minimum Gasteiger partial charge on any atom is -0.338 e. The van der Waals surface area contributed by atoms with Gasteiger partial charge in [0.2, 0.25) is 6.41 Å². The van der Waals surface area contributed by atoms with Crippen LogP contribution in [0.4, 0.5) is 4.39 Å². The van der Waals surface area contributed by atoms with Crippen molar-refractivity contribution in [2.45, 2.75) is 31.7 Å². The fraction of sp³-hybridized carbons (Fsp3) is 0.462. The molecule has 1 aliphatic heterocycles.